The van der Waals surface area contributed by atoms with Crippen LogP contribution in [-0.2, 0) is 6.18 Å². The lowest BCUT2D eigenvalue weighted by molar-refractivity contribution is -0.137. The molecule has 1 unspecified atom stereocenters. The highest BCUT2D eigenvalue weighted by Gasteiger charge is 2.32. The SMILES string of the molecule is N#CC1=C(N)NNC1N1CCN(c2ccc(C(F)(F)F)cc2)CC1. The number of hydrogen-bond acceptors (Lipinski definition) is 6. The summed E-state index contributed by atoms with van der Waals surface area (Å²) in [7, 11) is 0. The molecule has 3 rings (SSSR count). The number of rotatable bonds is 2. The van der Waals surface area contributed by atoms with Crippen molar-refractivity contribution in [2.45, 2.75) is 12.3 Å². The molecule has 24 heavy (non-hydrogen) atoms. The smallest absolute Gasteiger partial charge is 0.384 e. The Balaban J connectivity index is 1.63. The fraction of sp³-hybridized carbons (Fsp3) is 0.400. The Morgan fingerprint density at radius 3 is 2.29 bits per heavy atom. The van der Waals surface area contributed by atoms with Crippen LogP contribution >= 0.6 is 0 Å². The first-order chi connectivity index (χ1) is 11.4. The minimum absolute atomic E-state index is 0.273. The summed E-state index contributed by atoms with van der Waals surface area (Å²) in [4.78, 5) is 4.10. The first-order valence-corrected chi connectivity index (χ1v) is 7.47. The fourth-order valence-electron chi connectivity index (χ4n) is 2.93. The molecule has 0 bridgehead atoms. The summed E-state index contributed by atoms with van der Waals surface area (Å²) in [5.74, 6) is 0.327. The Morgan fingerprint density at radius 1 is 1.12 bits per heavy atom. The number of nitriles is 1. The van der Waals surface area contributed by atoms with Gasteiger partial charge < -0.3 is 16.1 Å². The van der Waals surface area contributed by atoms with Gasteiger partial charge in [0.2, 0.25) is 0 Å². The van der Waals surface area contributed by atoms with E-state index >= 15 is 0 Å². The molecule has 0 radical (unpaired) electrons. The molecule has 1 saturated heterocycles. The van der Waals surface area contributed by atoms with Crippen LogP contribution in [0.3, 0.4) is 0 Å². The van der Waals surface area contributed by atoms with Crippen LogP contribution in [0.15, 0.2) is 35.7 Å². The summed E-state index contributed by atoms with van der Waals surface area (Å²) in [5.41, 5.74) is 12.0. The molecular formula is C15H17F3N6. The second-order valence-corrected chi connectivity index (χ2v) is 5.68. The number of benzene rings is 1. The highest BCUT2D eigenvalue weighted by atomic mass is 19.4. The second kappa shape index (κ2) is 6.22. The van der Waals surface area contributed by atoms with Crippen LogP contribution in [0, 0.1) is 11.3 Å². The first kappa shape index (κ1) is 16.4. The number of hydrazine groups is 1. The van der Waals surface area contributed by atoms with Crippen molar-refractivity contribution in [2.24, 2.45) is 5.73 Å². The first-order valence-electron chi connectivity index (χ1n) is 7.47. The van der Waals surface area contributed by atoms with Crippen LogP contribution in [0.25, 0.3) is 0 Å². The quantitative estimate of drug-likeness (QED) is 0.745. The summed E-state index contributed by atoms with van der Waals surface area (Å²) in [6, 6.07) is 7.27. The van der Waals surface area contributed by atoms with E-state index in [1.807, 2.05) is 4.90 Å². The zero-order valence-corrected chi connectivity index (χ0v) is 12.8. The monoisotopic (exact) mass is 338 g/mol. The lowest BCUT2D eigenvalue weighted by Crippen LogP contribution is -2.55. The van der Waals surface area contributed by atoms with Gasteiger partial charge in [-0.3, -0.25) is 4.90 Å². The maximum atomic E-state index is 12.6. The fourth-order valence-corrected chi connectivity index (χ4v) is 2.93. The minimum Gasteiger partial charge on any atom is -0.384 e. The van der Waals surface area contributed by atoms with Gasteiger partial charge >= 0.3 is 6.18 Å². The molecule has 0 amide bonds. The molecule has 1 fully saturated rings. The summed E-state index contributed by atoms with van der Waals surface area (Å²) >= 11 is 0. The molecular weight excluding hydrogens is 321 g/mol. The van der Waals surface area contributed by atoms with E-state index in [1.54, 1.807) is 0 Å². The van der Waals surface area contributed by atoms with Crippen LogP contribution in [0.1, 0.15) is 5.56 Å². The maximum Gasteiger partial charge on any atom is 0.416 e. The molecule has 0 spiro atoms. The normalized spacial score (nSPS) is 22.4. The van der Waals surface area contributed by atoms with Gasteiger partial charge in [0.25, 0.3) is 0 Å². The van der Waals surface area contributed by atoms with E-state index in [9.17, 15) is 13.2 Å². The van der Waals surface area contributed by atoms with Crippen molar-refractivity contribution in [3.05, 3.63) is 41.2 Å². The largest absolute Gasteiger partial charge is 0.416 e. The molecule has 2 heterocycles. The number of halogens is 3. The van der Waals surface area contributed by atoms with E-state index in [-0.39, 0.29) is 6.17 Å². The van der Waals surface area contributed by atoms with Crippen molar-refractivity contribution in [2.75, 3.05) is 31.1 Å². The van der Waals surface area contributed by atoms with E-state index in [4.69, 9.17) is 11.0 Å². The molecule has 6 nitrogen and oxygen atoms in total. The summed E-state index contributed by atoms with van der Waals surface area (Å²) < 4.78 is 37.8. The van der Waals surface area contributed by atoms with Crippen LogP contribution in [0.5, 0.6) is 0 Å². The van der Waals surface area contributed by atoms with Gasteiger partial charge in [0, 0.05) is 31.9 Å². The van der Waals surface area contributed by atoms with Gasteiger partial charge in [0.05, 0.1) is 5.56 Å². The van der Waals surface area contributed by atoms with Crippen LogP contribution in [-0.4, -0.2) is 37.2 Å². The van der Waals surface area contributed by atoms with E-state index in [0.29, 0.717) is 37.6 Å². The summed E-state index contributed by atoms with van der Waals surface area (Å²) in [5, 5.41) is 9.16. The predicted molar refractivity (Wildman–Crippen MR) is 82.1 cm³/mol. The number of nitrogens with one attached hydrogen (secondary N) is 2. The number of piperazine rings is 1. The molecule has 2 aliphatic rings. The summed E-state index contributed by atoms with van der Waals surface area (Å²) in [6.45, 7) is 2.64. The zero-order chi connectivity index (χ0) is 17.3. The molecule has 1 aromatic rings. The highest BCUT2D eigenvalue weighted by molar-refractivity contribution is 5.48. The van der Waals surface area contributed by atoms with Crippen molar-refractivity contribution >= 4 is 5.69 Å². The predicted octanol–water partition coefficient (Wildman–Crippen LogP) is 0.955. The van der Waals surface area contributed by atoms with Gasteiger partial charge in [-0.25, -0.2) is 5.43 Å². The third-order valence-corrected chi connectivity index (χ3v) is 4.27. The number of alkyl halides is 3. The Labute approximate surface area is 137 Å². The third kappa shape index (κ3) is 3.11. The van der Waals surface area contributed by atoms with E-state index < -0.39 is 11.7 Å². The van der Waals surface area contributed by atoms with E-state index in [0.717, 1.165) is 17.8 Å². The Hall–Kier alpha value is -2.44. The molecule has 1 aromatic carbocycles. The van der Waals surface area contributed by atoms with Gasteiger partial charge in [-0.1, -0.05) is 0 Å². The van der Waals surface area contributed by atoms with Crippen LogP contribution < -0.4 is 21.5 Å². The van der Waals surface area contributed by atoms with Gasteiger partial charge in [0.15, 0.2) is 0 Å². The third-order valence-electron chi connectivity index (χ3n) is 4.27. The standard InChI is InChI=1S/C15H17F3N6/c16-15(17,18)10-1-3-11(4-2-10)23-5-7-24(8-6-23)14-12(9-19)13(20)21-22-14/h1-4,14,21-22H,5-8,20H2. The average molecular weight is 338 g/mol. The van der Waals surface area contributed by atoms with Crippen molar-refractivity contribution in [1.29, 1.82) is 5.26 Å². The highest BCUT2D eigenvalue weighted by Crippen LogP contribution is 2.30. The van der Waals surface area contributed by atoms with Gasteiger partial charge in [-0.05, 0) is 24.3 Å². The average Bonchev–Trinajstić information content (AvgIpc) is 2.95. The van der Waals surface area contributed by atoms with Gasteiger partial charge in [0.1, 0.15) is 23.6 Å². The van der Waals surface area contributed by atoms with Crippen molar-refractivity contribution < 1.29 is 13.2 Å². The van der Waals surface area contributed by atoms with Crippen molar-refractivity contribution in [3.8, 4) is 6.07 Å². The number of nitrogens with zero attached hydrogens (tertiary/aromatic N) is 3. The minimum atomic E-state index is -4.32. The molecule has 1 atom stereocenters. The summed E-state index contributed by atoms with van der Waals surface area (Å²) in [6.07, 6.45) is -4.59. The van der Waals surface area contributed by atoms with E-state index in [1.165, 1.54) is 12.1 Å². The lowest BCUT2D eigenvalue weighted by Gasteiger charge is -2.38. The molecule has 0 aliphatic carbocycles. The Morgan fingerprint density at radius 2 is 1.75 bits per heavy atom. The number of nitrogens with two attached hydrogens (primary N) is 1. The topological polar surface area (TPSA) is 80.3 Å². The van der Waals surface area contributed by atoms with Crippen molar-refractivity contribution in [1.82, 2.24) is 15.8 Å². The van der Waals surface area contributed by atoms with Gasteiger partial charge in [-0.15, -0.1) is 0 Å². The Bertz CT molecular complexity index is 668. The molecule has 0 saturated carbocycles. The Kier molecular flexibility index (Phi) is 4.26. The second-order valence-electron chi connectivity index (χ2n) is 5.68. The molecule has 128 valence electrons. The number of anilines is 1. The molecule has 2 aliphatic heterocycles. The molecule has 0 aromatic heterocycles. The molecule has 9 heteroatoms. The van der Waals surface area contributed by atoms with Crippen molar-refractivity contribution in [3.63, 3.8) is 0 Å². The van der Waals surface area contributed by atoms with Crippen LogP contribution in [0.2, 0.25) is 0 Å². The van der Waals surface area contributed by atoms with E-state index in [2.05, 4.69) is 21.8 Å². The maximum absolute atomic E-state index is 12.6. The zero-order valence-electron chi connectivity index (χ0n) is 12.8. The lowest BCUT2D eigenvalue weighted by atomic mass is 10.1. The van der Waals surface area contributed by atoms with Crippen LogP contribution in [0.4, 0.5) is 18.9 Å². The molecule has 4 N–H and O–H groups in total. The van der Waals surface area contributed by atoms with Gasteiger partial charge in [-0.2, -0.15) is 18.4 Å². The number of hydrogen-bond donors (Lipinski definition) is 3.